The third kappa shape index (κ3) is 2.51. The zero-order valence-electron chi connectivity index (χ0n) is 7.00. The van der Waals surface area contributed by atoms with Gasteiger partial charge in [-0.15, -0.1) is 9.05 Å². The fourth-order valence-electron chi connectivity index (χ4n) is 1.24. The van der Waals surface area contributed by atoms with Crippen molar-refractivity contribution in [2.45, 2.75) is 26.7 Å². The van der Waals surface area contributed by atoms with E-state index >= 15 is 0 Å². The molecule has 1 rings (SSSR count). The molecule has 0 radical (unpaired) electrons. The van der Waals surface area contributed by atoms with Crippen LogP contribution in [0.1, 0.15) is 26.7 Å². The Morgan fingerprint density at radius 3 is 2.45 bits per heavy atom. The van der Waals surface area contributed by atoms with Crippen LogP contribution in [0.25, 0.3) is 0 Å². The maximum atomic E-state index is 10.7. The van der Waals surface area contributed by atoms with Crippen molar-refractivity contribution in [2.75, 3.05) is 13.2 Å². The van der Waals surface area contributed by atoms with Crippen LogP contribution in [0.15, 0.2) is 0 Å². The van der Waals surface area contributed by atoms with Crippen LogP contribution in [0.4, 0.5) is 0 Å². The Balaban J connectivity index is 2.41. The molecule has 64 valence electrons. The molecule has 1 aliphatic heterocycles. The molecule has 0 spiro atoms. The highest BCUT2D eigenvalue weighted by molar-refractivity contribution is 7.33. The summed E-state index contributed by atoms with van der Waals surface area (Å²) >= 11 is 0. The molecule has 0 saturated carbocycles. The lowest BCUT2D eigenvalue weighted by molar-refractivity contribution is 0.0342. The first-order chi connectivity index (χ1) is 5.16. The first-order valence-electron chi connectivity index (χ1n) is 3.89. The molecule has 3 nitrogen and oxygen atoms in total. The van der Waals surface area contributed by atoms with Gasteiger partial charge in [-0.25, -0.2) is 0 Å². The zero-order valence-corrected chi connectivity index (χ0v) is 7.89. The van der Waals surface area contributed by atoms with Crippen molar-refractivity contribution >= 4 is 8.25 Å². The minimum Gasteiger partial charge on any atom is -0.118 e. The van der Waals surface area contributed by atoms with E-state index in [1.54, 1.807) is 0 Å². The molecular weight excluding hydrogens is 163 g/mol. The largest absolute Gasteiger partial charge is 0.697 e. The normalized spacial score (nSPS) is 35.6. The van der Waals surface area contributed by atoms with Gasteiger partial charge < -0.3 is 0 Å². The van der Waals surface area contributed by atoms with Gasteiger partial charge in [-0.1, -0.05) is 20.3 Å². The van der Waals surface area contributed by atoms with Gasteiger partial charge in [0.05, 0.1) is 0 Å². The Bertz CT molecular complexity index is 148. The predicted molar refractivity (Wildman–Crippen MR) is 42.5 cm³/mol. The van der Waals surface area contributed by atoms with Gasteiger partial charge in [0.1, 0.15) is 13.2 Å². The molecule has 0 aromatic carbocycles. The van der Waals surface area contributed by atoms with E-state index in [0.717, 1.165) is 12.8 Å². The fourth-order valence-corrected chi connectivity index (χ4v) is 2.15. The van der Waals surface area contributed by atoms with Crippen molar-refractivity contribution < 1.29 is 13.6 Å². The molecule has 0 aromatic heterocycles. The molecule has 0 atom stereocenters. The molecule has 0 N–H and O–H groups in total. The molecular formula is C7H14O3P+. The van der Waals surface area contributed by atoms with Gasteiger partial charge in [-0.05, 0) is 6.42 Å². The second kappa shape index (κ2) is 3.61. The Labute approximate surface area is 68.0 Å². The highest BCUT2D eigenvalue weighted by atomic mass is 31.1. The Hall–Kier alpha value is 0.0200. The van der Waals surface area contributed by atoms with E-state index in [0.29, 0.717) is 13.2 Å². The molecule has 1 heterocycles. The lowest BCUT2D eigenvalue weighted by atomic mass is 9.88. The summed E-state index contributed by atoms with van der Waals surface area (Å²) in [4.78, 5) is 0. The lowest BCUT2D eigenvalue weighted by Gasteiger charge is -2.25. The van der Waals surface area contributed by atoms with Crippen LogP contribution in [-0.4, -0.2) is 13.2 Å². The van der Waals surface area contributed by atoms with E-state index in [2.05, 4.69) is 13.8 Å². The summed E-state index contributed by atoms with van der Waals surface area (Å²) in [6, 6.07) is 0. The quantitative estimate of drug-likeness (QED) is 0.608. The van der Waals surface area contributed by atoms with Crippen LogP contribution < -0.4 is 0 Å². The summed E-state index contributed by atoms with van der Waals surface area (Å²) in [6.45, 7) is 5.35. The standard InChI is InChI=1S/C7H14O3P/c1-3-4-7(2)5-9-11(8)10-6-7/h3-6H2,1-2H3/q+1. The first kappa shape index (κ1) is 9.11. The number of rotatable bonds is 2. The average Bonchev–Trinajstić information content (AvgIpc) is 1.97. The van der Waals surface area contributed by atoms with E-state index < -0.39 is 8.25 Å². The van der Waals surface area contributed by atoms with E-state index in [1.807, 2.05) is 0 Å². The predicted octanol–water partition coefficient (Wildman–Crippen LogP) is 2.50. The van der Waals surface area contributed by atoms with Crippen LogP contribution >= 0.6 is 8.25 Å². The van der Waals surface area contributed by atoms with Crippen molar-refractivity contribution in [3.63, 3.8) is 0 Å². The molecule has 1 aliphatic rings. The number of hydrogen-bond donors (Lipinski definition) is 0. The van der Waals surface area contributed by atoms with Crippen molar-refractivity contribution in [3.05, 3.63) is 0 Å². The topological polar surface area (TPSA) is 35.5 Å². The third-order valence-electron chi connectivity index (χ3n) is 1.89. The molecule has 0 unspecified atom stereocenters. The maximum absolute atomic E-state index is 10.7. The summed E-state index contributed by atoms with van der Waals surface area (Å²) < 4.78 is 20.5. The van der Waals surface area contributed by atoms with Gasteiger partial charge in [0.25, 0.3) is 0 Å². The van der Waals surface area contributed by atoms with Gasteiger partial charge in [0.2, 0.25) is 0 Å². The number of hydrogen-bond acceptors (Lipinski definition) is 3. The minimum atomic E-state index is -1.81. The summed E-state index contributed by atoms with van der Waals surface area (Å²) in [6.07, 6.45) is 2.18. The summed E-state index contributed by atoms with van der Waals surface area (Å²) in [5, 5.41) is 0. The zero-order chi connectivity index (χ0) is 8.32. The molecule has 0 amide bonds. The molecule has 11 heavy (non-hydrogen) atoms. The summed E-state index contributed by atoms with van der Waals surface area (Å²) in [7, 11) is -1.81. The van der Waals surface area contributed by atoms with Gasteiger partial charge in [-0.3, -0.25) is 0 Å². The average molecular weight is 177 g/mol. The molecule has 0 aromatic rings. The monoisotopic (exact) mass is 177 g/mol. The van der Waals surface area contributed by atoms with Crippen molar-refractivity contribution in [2.24, 2.45) is 5.41 Å². The van der Waals surface area contributed by atoms with Gasteiger partial charge in [0.15, 0.2) is 0 Å². The molecule has 1 saturated heterocycles. The smallest absolute Gasteiger partial charge is 0.118 e. The second-order valence-electron chi connectivity index (χ2n) is 3.33. The summed E-state index contributed by atoms with van der Waals surface area (Å²) in [5.41, 5.74) is 0.0813. The SMILES string of the molecule is CCCC1(C)CO[P+](=O)OC1. The van der Waals surface area contributed by atoms with Gasteiger partial charge in [-0.2, -0.15) is 0 Å². The Morgan fingerprint density at radius 1 is 1.45 bits per heavy atom. The molecule has 4 heteroatoms. The summed E-state index contributed by atoms with van der Waals surface area (Å²) in [5.74, 6) is 0. The van der Waals surface area contributed by atoms with Crippen LogP contribution in [0.2, 0.25) is 0 Å². The maximum Gasteiger partial charge on any atom is 0.697 e. The third-order valence-corrected chi connectivity index (χ3v) is 2.57. The molecule has 0 bridgehead atoms. The van der Waals surface area contributed by atoms with E-state index in [9.17, 15) is 4.57 Å². The fraction of sp³-hybridized carbons (Fsp3) is 1.00. The Morgan fingerprint density at radius 2 is 2.00 bits per heavy atom. The van der Waals surface area contributed by atoms with Crippen molar-refractivity contribution in [1.29, 1.82) is 0 Å². The van der Waals surface area contributed by atoms with Crippen LogP contribution in [-0.2, 0) is 13.6 Å². The van der Waals surface area contributed by atoms with Crippen LogP contribution in [0.5, 0.6) is 0 Å². The van der Waals surface area contributed by atoms with E-state index in [1.165, 1.54) is 0 Å². The Kier molecular flexibility index (Phi) is 2.99. The highest BCUT2D eigenvalue weighted by Gasteiger charge is 2.39. The van der Waals surface area contributed by atoms with Crippen LogP contribution in [0.3, 0.4) is 0 Å². The highest BCUT2D eigenvalue weighted by Crippen LogP contribution is 2.38. The minimum absolute atomic E-state index is 0.0813. The van der Waals surface area contributed by atoms with E-state index in [-0.39, 0.29) is 5.41 Å². The second-order valence-corrected chi connectivity index (χ2v) is 4.29. The van der Waals surface area contributed by atoms with Crippen molar-refractivity contribution in [3.8, 4) is 0 Å². The van der Waals surface area contributed by atoms with E-state index in [4.69, 9.17) is 9.05 Å². The van der Waals surface area contributed by atoms with Gasteiger partial charge in [0, 0.05) is 9.98 Å². The van der Waals surface area contributed by atoms with Gasteiger partial charge >= 0.3 is 8.25 Å². The molecule has 1 fully saturated rings. The molecule has 0 aliphatic carbocycles. The lowest BCUT2D eigenvalue weighted by Crippen LogP contribution is -2.30. The van der Waals surface area contributed by atoms with Crippen molar-refractivity contribution in [1.82, 2.24) is 0 Å². The first-order valence-corrected chi connectivity index (χ1v) is 4.99. The van der Waals surface area contributed by atoms with Crippen LogP contribution in [0, 0.1) is 5.41 Å².